The van der Waals surface area contributed by atoms with E-state index in [0.29, 0.717) is 23.6 Å². The Balaban J connectivity index is 0.00000385. The van der Waals surface area contributed by atoms with E-state index >= 15 is 0 Å². The van der Waals surface area contributed by atoms with Gasteiger partial charge < -0.3 is 14.2 Å². The second kappa shape index (κ2) is 11.9. The molecule has 0 fully saturated rings. The fourth-order valence-corrected chi connectivity index (χ4v) is 3.84. The molecule has 1 aromatic carbocycles. The Hall–Kier alpha value is -2.85. The molecule has 0 aromatic heterocycles. The normalized spacial score (nSPS) is 16.2. The summed E-state index contributed by atoms with van der Waals surface area (Å²) in [7, 11) is -4.28. The molecule has 33 heavy (non-hydrogen) atoms. The van der Waals surface area contributed by atoms with E-state index in [2.05, 4.69) is 0 Å². The van der Waals surface area contributed by atoms with E-state index in [-0.39, 0.29) is 41.6 Å². The first-order chi connectivity index (χ1) is 15.3. The quantitative estimate of drug-likeness (QED) is 0.347. The number of hydrogen-bond donors (Lipinski definition) is 0. The molecule has 0 aliphatic carbocycles. The summed E-state index contributed by atoms with van der Waals surface area (Å²) in [6.07, 6.45) is 12.6. The van der Waals surface area contributed by atoms with E-state index in [9.17, 15) is 13.0 Å². The van der Waals surface area contributed by atoms with Crippen LogP contribution >= 0.6 is 0 Å². The number of hydrogen-bond acceptors (Lipinski definition) is 7. The predicted molar refractivity (Wildman–Crippen MR) is 120 cm³/mol. The fourth-order valence-electron chi connectivity index (χ4n) is 3.35. The Morgan fingerprint density at radius 1 is 1.18 bits per heavy atom. The van der Waals surface area contributed by atoms with Crippen LogP contribution in [0.15, 0.2) is 89.1 Å². The molecule has 162 valence electrons. The van der Waals surface area contributed by atoms with Gasteiger partial charge in [-0.15, -0.1) is 0 Å². The van der Waals surface area contributed by atoms with Gasteiger partial charge in [-0.25, -0.2) is 8.42 Å². The summed E-state index contributed by atoms with van der Waals surface area (Å²) in [6, 6.07) is 11.5. The van der Waals surface area contributed by atoms with Gasteiger partial charge in [0.15, 0.2) is 0 Å². The molecule has 0 N–H and O–H groups in total. The van der Waals surface area contributed by atoms with Gasteiger partial charge in [0.05, 0.1) is 10.1 Å². The standard InChI is InChI=1S/C24H21N3O4S.Na/c1-18-14-20(21(16-25)17-26)15-23(31-18)8-4-7-22-11-10-19-6-2-3-9-24(19)27(22)12-5-13-32(28,29)30;/h2-4,6-11,14-15H,5,12-13H2,1H3,(H,28,29,30);/q;+1/p-1/b8-4+,22-7+;. The summed E-state index contributed by atoms with van der Waals surface area (Å²) >= 11 is 0. The van der Waals surface area contributed by atoms with Crippen LogP contribution in [0.3, 0.4) is 0 Å². The van der Waals surface area contributed by atoms with E-state index < -0.39 is 15.9 Å². The molecule has 0 saturated heterocycles. The third-order valence-corrected chi connectivity index (χ3v) is 5.51. The Morgan fingerprint density at radius 2 is 1.91 bits per heavy atom. The zero-order chi connectivity index (χ0) is 23.1. The first kappa shape index (κ1) is 26.4. The maximum absolute atomic E-state index is 11.0. The summed E-state index contributed by atoms with van der Waals surface area (Å²) in [5.74, 6) is 0.605. The van der Waals surface area contributed by atoms with Gasteiger partial charge in [0.1, 0.15) is 29.2 Å². The van der Waals surface area contributed by atoms with Gasteiger partial charge in [0.25, 0.3) is 0 Å². The minimum Gasteiger partial charge on any atom is -0.748 e. The van der Waals surface area contributed by atoms with Crippen molar-refractivity contribution < 1.29 is 47.3 Å². The first-order valence-electron chi connectivity index (χ1n) is 9.79. The molecule has 2 aliphatic heterocycles. The monoisotopic (exact) mass is 469 g/mol. The smallest absolute Gasteiger partial charge is 0.748 e. The third kappa shape index (κ3) is 7.33. The SMILES string of the molecule is CC1=CC(=C(C#N)C#N)C=C(/C=C/C=C2\C=Cc3ccccc3N2CCCS(=O)(=O)[O-])O1.[Na+]. The summed E-state index contributed by atoms with van der Waals surface area (Å²) < 4.78 is 38.7. The Kier molecular flexibility index (Phi) is 9.48. The number of para-hydroxylation sites is 1. The second-order valence-corrected chi connectivity index (χ2v) is 8.59. The molecule has 0 bridgehead atoms. The molecule has 0 unspecified atom stereocenters. The molecular weight excluding hydrogens is 449 g/mol. The molecule has 3 rings (SSSR count). The minimum absolute atomic E-state index is 0. The van der Waals surface area contributed by atoms with Crippen molar-refractivity contribution >= 4 is 21.9 Å². The fraction of sp³-hybridized carbons (Fsp3) is 0.167. The number of fused-ring (bicyclic) bond motifs is 1. The largest absolute Gasteiger partial charge is 1.00 e. The molecule has 7 nitrogen and oxygen atoms in total. The van der Waals surface area contributed by atoms with Crippen LogP contribution in [-0.4, -0.2) is 25.3 Å². The average Bonchev–Trinajstić information content (AvgIpc) is 2.74. The van der Waals surface area contributed by atoms with Crippen LogP contribution in [0.25, 0.3) is 6.08 Å². The molecule has 0 amide bonds. The molecule has 0 atom stereocenters. The summed E-state index contributed by atoms with van der Waals surface area (Å²) in [5.41, 5.74) is 3.22. The Morgan fingerprint density at radius 3 is 2.61 bits per heavy atom. The van der Waals surface area contributed by atoms with Gasteiger partial charge in [0.2, 0.25) is 0 Å². The topological polar surface area (TPSA) is 117 Å². The van der Waals surface area contributed by atoms with E-state index in [4.69, 9.17) is 15.3 Å². The maximum Gasteiger partial charge on any atom is 1.00 e. The van der Waals surface area contributed by atoms with E-state index in [1.807, 2.05) is 59.5 Å². The van der Waals surface area contributed by atoms with Gasteiger partial charge in [-0.1, -0.05) is 30.4 Å². The van der Waals surface area contributed by atoms with Crippen LogP contribution in [0.1, 0.15) is 18.9 Å². The van der Waals surface area contributed by atoms with Crippen LogP contribution in [0, 0.1) is 22.7 Å². The summed E-state index contributed by atoms with van der Waals surface area (Å²) in [5, 5.41) is 18.2. The van der Waals surface area contributed by atoms with Crippen LogP contribution in [0.4, 0.5) is 5.69 Å². The number of nitriles is 2. The molecular formula is C24H20N3NaO4S. The molecule has 2 heterocycles. The van der Waals surface area contributed by atoms with E-state index in [1.54, 1.807) is 31.2 Å². The number of anilines is 1. The molecule has 0 radical (unpaired) electrons. The van der Waals surface area contributed by atoms with Gasteiger partial charge in [-0.05, 0) is 55.4 Å². The van der Waals surface area contributed by atoms with Crippen molar-refractivity contribution in [3.63, 3.8) is 0 Å². The van der Waals surface area contributed by atoms with Crippen molar-refractivity contribution in [3.05, 3.63) is 94.6 Å². The van der Waals surface area contributed by atoms with E-state index in [0.717, 1.165) is 16.9 Å². The van der Waals surface area contributed by atoms with Crippen LogP contribution in [0.2, 0.25) is 0 Å². The van der Waals surface area contributed by atoms with Gasteiger partial charge in [-0.3, -0.25) is 0 Å². The van der Waals surface area contributed by atoms with Crippen molar-refractivity contribution in [3.8, 4) is 12.1 Å². The number of allylic oxidation sites excluding steroid dienone is 9. The number of ether oxygens (including phenoxy) is 1. The predicted octanol–water partition coefficient (Wildman–Crippen LogP) is 1.06. The average molecular weight is 469 g/mol. The summed E-state index contributed by atoms with van der Waals surface area (Å²) in [6.45, 7) is 2.10. The molecule has 0 saturated carbocycles. The summed E-state index contributed by atoms with van der Waals surface area (Å²) in [4.78, 5) is 1.96. The zero-order valence-electron chi connectivity index (χ0n) is 18.4. The Labute approximate surface area is 216 Å². The molecule has 1 aromatic rings. The van der Waals surface area contributed by atoms with E-state index in [1.165, 1.54) is 0 Å². The first-order valence-corrected chi connectivity index (χ1v) is 11.4. The number of nitrogens with zero attached hydrogens (tertiary/aromatic N) is 3. The van der Waals surface area contributed by atoms with Crippen molar-refractivity contribution in [1.29, 1.82) is 10.5 Å². The number of rotatable bonds is 6. The molecule has 9 heteroatoms. The van der Waals surface area contributed by atoms with Crippen molar-refractivity contribution in [2.24, 2.45) is 0 Å². The Bertz CT molecular complexity index is 1270. The van der Waals surface area contributed by atoms with Gasteiger partial charge >= 0.3 is 29.6 Å². The van der Waals surface area contributed by atoms with Gasteiger partial charge in [0, 0.05) is 29.3 Å². The van der Waals surface area contributed by atoms with Crippen molar-refractivity contribution in [2.75, 3.05) is 17.2 Å². The molecule has 2 aliphatic rings. The van der Waals surface area contributed by atoms with Crippen molar-refractivity contribution in [1.82, 2.24) is 0 Å². The van der Waals surface area contributed by atoms with Crippen molar-refractivity contribution in [2.45, 2.75) is 13.3 Å². The van der Waals surface area contributed by atoms with Gasteiger partial charge in [-0.2, -0.15) is 10.5 Å². The van der Waals surface area contributed by atoms with Crippen LogP contribution in [0.5, 0.6) is 0 Å². The maximum atomic E-state index is 11.0. The molecule has 0 spiro atoms. The number of benzene rings is 1. The van der Waals surface area contributed by atoms with Crippen LogP contribution < -0.4 is 34.5 Å². The second-order valence-electron chi connectivity index (χ2n) is 7.07. The zero-order valence-corrected chi connectivity index (χ0v) is 21.2. The third-order valence-electron chi connectivity index (χ3n) is 4.72. The van der Waals surface area contributed by atoms with Crippen LogP contribution in [-0.2, 0) is 14.9 Å². The minimum atomic E-state index is -4.28.